The summed E-state index contributed by atoms with van der Waals surface area (Å²) in [6, 6.07) is 12.6. The van der Waals surface area contributed by atoms with Crippen molar-refractivity contribution in [2.24, 2.45) is 0 Å². The first-order valence-electron chi connectivity index (χ1n) is 10.3. The largest absolute Gasteiger partial charge is 0.308 e. The monoisotopic (exact) mass is 459 g/mol. The molecule has 0 saturated carbocycles. The van der Waals surface area contributed by atoms with Crippen molar-refractivity contribution in [1.82, 2.24) is 9.88 Å². The molecule has 6 nitrogen and oxygen atoms in total. The molecule has 0 fully saturated rings. The lowest BCUT2D eigenvalue weighted by molar-refractivity contribution is -0.118. The van der Waals surface area contributed by atoms with E-state index in [1.54, 1.807) is 35.2 Å². The molecule has 0 atom stereocenters. The summed E-state index contributed by atoms with van der Waals surface area (Å²) in [7, 11) is 0.524. The van der Waals surface area contributed by atoms with Crippen molar-refractivity contribution in [2.75, 3.05) is 37.8 Å². The number of anilines is 1. The number of hydrogen-bond donors (Lipinski definition) is 0. The van der Waals surface area contributed by atoms with Crippen molar-refractivity contribution < 1.29 is 13.2 Å². The van der Waals surface area contributed by atoms with E-state index in [1.807, 2.05) is 32.8 Å². The number of nitrogens with zero attached hydrogens (tertiary/aromatic N) is 3. The van der Waals surface area contributed by atoms with Crippen molar-refractivity contribution in [1.29, 1.82) is 0 Å². The molecule has 31 heavy (non-hydrogen) atoms. The highest BCUT2D eigenvalue weighted by molar-refractivity contribution is 7.91. The standard InChI is InChI=1S/C23H29N3O3S2/c1-17-15-18(2)22-20(16-17)30-23(24-22)26(13-12-25(3)4)21(27)11-8-14-31(28,29)19-9-6-5-7-10-19/h5-7,9-10,15-16H,8,11-14H2,1-4H3. The number of carbonyl (C=O) groups excluding carboxylic acids is 1. The number of thiazole rings is 1. The third-order valence-electron chi connectivity index (χ3n) is 5.03. The number of benzene rings is 2. The first-order chi connectivity index (χ1) is 14.7. The first kappa shape index (κ1) is 23.4. The summed E-state index contributed by atoms with van der Waals surface area (Å²) in [4.78, 5) is 21.8. The van der Waals surface area contributed by atoms with Gasteiger partial charge in [-0.2, -0.15) is 0 Å². The molecule has 0 spiro atoms. The molecule has 0 aliphatic carbocycles. The summed E-state index contributed by atoms with van der Waals surface area (Å²) >= 11 is 1.51. The predicted molar refractivity (Wildman–Crippen MR) is 128 cm³/mol. The van der Waals surface area contributed by atoms with Crippen LogP contribution in [0.3, 0.4) is 0 Å². The summed E-state index contributed by atoms with van der Waals surface area (Å²) in [5, 5.41) is 0.668. The average Bonchev–Trinajstić information content (AvgIpc) is 3.12. The maximum atomic E-state index is 13.1. The molecule has 0 radical (unpaired) electrons. The Morgan fingerprint density at radius 1 is 1.06 bits per heavy atom. The average molecular weight is 460 g/mol. The van der Waals surface area contributed by atoms with Gasteiger partial charge in [-0.3, -0.25) is 9.69 Å². The SMILES string of the molecule is Cc1cc(C)c2nc(N(CCN(C)C)C(=O)CCCS(=O)(=O)c3ccccc3)sc2c1. The Kier molecular flexibility index (Phi) is 7.46. The zero-order valence-corrected chi connectivity index (χ0v) is 20.1. The molecule has 0 aliphatic heterocycles. The van der Waals surface area contributed by atoms with Crippen LogP contribution in [0.25, 0.3) is 10.2 Å². The number of rotatable bonds is 9. The fourth-order valence-corrected chi connectivity index (χ4v) is 5.91. The second-order valence-corrected chi connectivity index (χ2v) is 11.1. The third-order valence-corrected chi connectivity index (χ3v) is 7.87. The van der Waals surface area contributed by atoms with Gasteiger partial charge in [-0.15, -0.1) is 0 Å². The van der Waals surface area contributed by atoms with Gasteiger partial charge in [0.1, 0.15) is 0 Å². The molecular formula is C23H29N3O3S2. The van der Waals surface area contributed by atoms with Crippen LogP contribution >= 0.6 is 11.3 Å². The number of likely N-dealkylation sites (N-methyl/N-ethyl adjacent to an activating group) is 1. The minimum atomic E-state index is -3.39. The summed E-state index contributed by atoms with van der Waals surface area (Å²) in [5.41, 5.74) is 3.17. The van der Waals surface area contributed by atoms with Crippen LogP contribution in [0.5, 0.6) is 0 Å². The van der Waals surface area contributed by atoms with Gasteiger partial charge in [0.2, 0.25) is 5.91 Å². The van der Waals surface area contributed by atoms with Crippen molar-refractivity contribution in [3.05, 3.63) is 53.6 Å². The first-order valence-corrected chi connectivity index (χ1v) is 12.7. The number of aromatic nitrogens is 1. The van der Waals surface area contributed by atoms with Crippen molar-refractivity contribution >= 4 is 42.4 Å². The Hall–Kier alpha value is -2.29. The smallest absolute Gasteiger partial charge is 0.228 e. The van der Waals surface area contributed by atoms with Crippen LogP contribution in [0, 0.1) is 13.8 Å². The van der Waals surface area contributed by atoms with Crippen LogP contribution in [0.15, 0.2) is 47.4 Å². The van der Waals surface area contributed by atoms with Gasteiger partial charge in [0.25, 0.3) is 0 Å². The van der Waals surface area contributed by atoms with Crippen LogP contribution in [-0.4, -0.2) is 57.1 Å². The molecule has 0 aliphatic rings. The fourth-order valence-electron chi connectivity index (χ4n) is 3.40. The van der Waals surface area contributed by atoms with Crippen LogP contribution in [0.1, 0.15) is 24.0 Å². The van der Waals surface area contributed by atoms with Gasteiger partial charge in [-0.05, 0) is 63.7 Å². The molecule has 3 rings (SSSR count). The Balaban J connectivity index is 1.76. The normalized spacial score (nSPS) is 11.9. The molecule has 166 valence electrons. The summed E-state index contributed by atoms with van der Waals surface area (Å²) < 4.78 is 26.1. The fraction of sp³-hybridized carbons (Fsp3) is 0.391. The molecule has 8 heteroatoms. The van der Waals surface area contributed by atoms with Crippen molar-refractivity contribution in [2.45, 2.75) is 31.6 Å². The van der Waals surface area contributed by atoms with E-state index in [1.165, 1.54) is 11.3 Å². The maximum Gasteiger partial charge on any atom is 0.228 e. The van der Waals surface area contributed by atoms with Gasteiger partial charge in [0, 0.05) is 19.5 Å². The summed E-state index contributed by atoms with van der Waals surface area (Å²) in [6.45, 7) is 5.28. The summed E-state index contributed by atoms with van der Waals surface area (Å²) in [5.74, 6) is -0.152. The van der Waals surface area contributed by atoms with Gasteiger partial charge in [-0.1, -0.05) is 35.6 Å². The van der Waals surface area contributed by atoms with E-state index in [0.29, 0.717) is 23.1 Å². The van der Waals surface area contributed by atoms with Crippen LogP contribution in [-0.2, 0) is 14.6 Å². The van der Waals surface area contributed by atoms with Crippen LogP contribution < -0.4 is 4.90 Å². The minimum absolute atomic E-state index is 0.0532. The molecule has 0 unspecified atom stereocenters. The van der Waals surface area contributed by atoms with Gasteiger partial charge >= 0.3 is 0 Å². The van der Waals surface area contributed by atoms with E-state index >= 15 is 0 Å². The van der Waals surface area contributed by atoms with Gasteiger partial charge in [-0.25, -0.2) is 13.4 Å². The number of amides is 1. The van der Waals surface area contributed by atoms with Gasteiger partial charge < -0.3 is 4.90 Å². The van der Waals surface area contributed by atoms with Gasteiger partial charge in [0.15, 0.2) is 15.0 Å². The molecule has 0 saturated heterocycles. The second-order valence-electron chi connectivity index (χ2n) is 8.01. The highest BCUT2D eigenvalue weighted by atomic mass is 32.2. The van der Waals surface area contributed by atoms with Crippen LogP contribution in [0.4, 0.5) is 5.13 Å². The lowest BCUT2D eigenvalue weighted by Gasteiger charge is -2.22. The van der Waals surface area contributed by atoms with E-state index in [0.717, 1.165) is 21.3 Å². The molecule has 3 aromatic rings. The Labute approximate surface area is 188 Å². The third kappa shape index (κ3) is 5.90. The lowest BCUT2D eigenvalue weighted by Crippen LogP contribution is -2.36. The highest BCUT2D eigenvalue weighted by Crippen LogP contribution is 2.32. The van der Waals surface area contributed by atoms with E-state index in [-0.39, 0.29) is 24.5 Å². The Morgan fingerprint density at radius 3 is 2.45 bits per heavy atom. The number of hydrogen-bond acceptors (Lipinski definition) is 6. The van der Waals surface area contributed by atoms with E-state index in [4.69, 9.17) is 4.98 Å². The Bertz CT molecular complexity index is 1160. The topological polar surface area (TPSA) is 70.6 Å². The Morgan fingerprint density at radius 2 is 1.77 bits per heavy atom. The van der Waals surface area contributed by atoms with E-state index < -0.39 is 9.84 Å². The molecular weight excluding hydrogens is 430 g/mol. The van der Waals surface area contributed by atoms with Crippen molar-refractivity contribution in [3.63, 3.8) is 0 Å². The predicted octanol–water partition coefficient (Wildman–Crippen LogP) is 4.06. The quantitative estimate of drug-likeness (QED) is 0.483. The number of carbonyl (C=O) groups is 1. The molecule has 0 N–H and O–H groups in total. The minimum Gasteiger partial charge on any atom is -0.308 e. The molecule has 1 amide bonds. The van der Waals surface area contributed by atoms with E-state index in [2.05, 4.69) is 12.1 Å². The number of aryl methyl sites for hydroxylation is 2. The van der Waals surface area contributed by atoms with Gasteiger partial charge in [0.05, 0.1) is 20.9 Å². The zero-order valence-electron chi connectivity index (χ0n) is 18.5. The lowest BCUT2D eigenvalue weighted by atomic mass is 10.1. The van der Waals surface area contributed by atoms with E-state index in [9.17, 15) is 13.2 Å². The molecule has 1 aromatic heterocycles. The number of sulfone groups is 1. The number of fused-ring (bicyclic) bond motifs is 1. The molecule has 0 bridgehead atoms. The zero-order chi connectivity index (χ0) is 22.6. The molecule has 2 aromatic carbocycles. The van der Waals surface area contributed by atoms with Crippen LogP contribution in [0.2, 0.25) is 0 Å². The maximum absolute atomic E-state index is 13.1. The summed E-state index contributed by atoms with van der Waals surface area (Å²) in [6.07, 6.45) is 0.435. The highest BCUT2D eigenvalue weighted by Gasteiger charge is 2.22. The second kappa shape index (κ2) is 9.89. The van der Waals surface area contributed by atoms with Crippen molar-refractivity contribution in [3.8, 4) is 0 Å². The molecule has 1 heterocycles.